The highest BCUT2D eigenvalue weighted by molar-refractivity contribution is 7.47. The molecule has 66 heavy (non-hydrogen) atoms. The Labute approximate surface area is 400 Å². The fourth-order valence-corrected chi connectivity index (χ4v) is 8.47. The van der Waals surface area contributed by atoms with Gasteiger partial charge in [-0.05, 0) is 83.5 Å². The summed E-state index contributed by atoms with van der Waals surface area (Å²) in [5, 5.41) is 50.3. The van der Waals surface area contributed by atoms with Gasteiger partial charge in [-0.1, -0.05) is 177 Å². The molecule has 6 N–H and O–H groups in total. The Kier molecular flexibility index (Phi) is 40.1. The molecule has 0 spiro atoms. The Balaban J connectivity index is 2.33. The maximum Gasteiger partial charge on any atom is 0.472 e. The molecule has 12 nitrogen and oxygen atoms in total. The monoisotopic (exact) mass is 953 g/mol. The number of ether oxygens (including phenoxy) is 2. The molecule has 13 heteroatoms. The Morgan fingerprint density at radius 2 is 0.894 bits per heavy atom. The Hall–Kier alpha value is -2.22. The lowest BCUT2D eigenvalue weighted by Gasteiger charge is -2.41. The molecule has 1 aliphatic carbocycles. The van der Waals surface area contributed by atoms with Crippen LogP contribution in [0, 0.1) is 0 Å². The average Bonchev–Trinajstić information content (AvgIpc) is 3.30. The van der Waals surface area contributed by atoms with Gasteiger partial charge in [-0.3, -0.25) is 13.8 Å². The first-order valence-electron chi connectivity index (χ1n) is 25.8. The molecule has 0 aromatic rings. The fraction of sp³-hybridized carbons (Fsp3) is 0.755. The van der Waals surface area contributed by atoms with E-state index in [9.17, 15) is 39.8 Å². The van der Waals surface area contributed by atoms with E-state index in [1.165, 1.54) is 103 Å². The molecule has 0 radical (unpaired) electrons. The summed E-state index contributed by atoms with van der Waals surface area (Å²) in [5.41, 5.74) is 0. The molecule has 1 rings (SSSR count). The molecule has 6 atom stereocenters. The average molecular weight is 953 g/mol. The van der Waals surface area contributed by atoms with E-state index in [4.69, 9.17) is 18.5 Å². The minimum atomic E-state index is -5.04. The van der Waals surface area contributed by atoms with Gasteiger partial charge >= 0.3 is 13.8 Å². The molecule has 1 saturated carbocycles. The second-order valence-electron chi connectivity index (χ2n) is 17.6. The second-order valence-corrected chi connectivity index (χ2v) is 19.0. The zero-order valence-electron chi connectivity index (χ0n) is 41.0. The van der Waals surface area contributed by atoms with Gasteiger partial charge in [-0.25, -0.2) is 4.57 Å². The van der Waals surface area contributed by atoms with E-state index in [2.05, 4.69) is 86.8 Å². The zero-order valence-corrected chi connectivity index (χ0v) is 41.9. The number of carbonyl (C=O) groups excluding carboxylic acids is 1. The third-order valence-corrected chi connectivity index (χ3v) is 12.5. The predicted molar refractivity (Wildman–Crippen MR) is 267 cm³/mol. The van der Waals surface area contributed by atoms with Crippen LogP contribution in [0.25, 0.3) is 0 Å². The topological polar surface area (TPSA) is 192 Å². The summed E-state index contributed by atoms with van der Waals surface area (Å²) >= 11 is 0. The first kappa shape index (κ1) is 61.8. The molecular weight excluding hydrogens is 860 g/mol. The molecule has 6 unspecified atom stereocenters. The SMILES string of the molecule is CC/C=C\C/C=C\C/C=C\C/C=C\CCCCC(=O)OC(COCCCCCCCCCCCCCC/C=C\C/C=C\CCCCCCC)COP(=O)(O)OC1C(O)C(O)C(O)C(O)C1O. The van der Waals surface area contributed by atoms with Crippen molar-refractivity contribution in [1.82, 2.24) is 0 Å². The van der Waals surface area contributed by atoms with Gasteiger partial charge in [0.15, 0.2) is 0 Å². The van der Waals surface area contributed by atoms with Gasteiger partial charge in [0.05, 0.1) is 13.2 Å². The molecule has 0 bridgehead atoms. The first-order chi connectivity index (χ1) is 32.0. The van der Waals surface area contributed by atoms with Crippen LogP contribution in [0.15, 0.2) is 72.9 Å². The normalized spacial score (nSPS) is 22.0. The summed E-state index contributed by atoms with van der Waals surface area (Å²) in [6, 6.07) is 0. The molecule has 0 heterocycles. The number of esters is 1. The highest BCUT2D eigenvalue weighted by Gasteiger charge is 2.51. The van der Waals surface area contributed by atoms with Crippen LogP contribution in [0.3, 0.4) is 0 Å². The van der Waals surface area contributed by atoms with Crippen molar-refractivity contribution in [2.24, 2.45) is 0 Å². The van der Waals surface area contributed by atoms with Crippen molar-refractivity contribution in [3.8, 4) is 0 Å². The summed E-state index contributed by atoms with van der Waals surface area (Å²) in [5.74, 6) is -0.519. The van der Waals surface area contributed by atoms with Crippen molar-refractivity contribution in [3.63, 3.8) is 0 Å². The molecule has 0 aromatic carbocycles. The number of carbonyl (C=O) groups is 1. The van der Waals surface area contributed by atoms with Gasteiger partial charge in [0.1, 0.15) is 42.7 Å². The number of aliphatic hydroxyl groups excluding tert-OH is 5. The minimum absolute atomic E-state index is 0.0976. The number of rotatable bonds is 43. The van der Waals surface area contributed by atoms with E-state index >= 15 is 0 Å². The number of phosphoric acid groups is 1. The van der Waals surface area contributed by atoms with Crippen molar-refractivity contribution < 1.29 is 58.3 Å². The smallest absolute Gasteiger partial charge is 0.457 e. The molecule has 382 valence electrons. The van der Waals surface area contributed by atoms with Crippen LogP contribution in [-0.4, -0.2) is 98.9 Å². The van der Waals surface area contributed by atoms with E-state index in [-0.39, 0.29) is 13.0 Å². The molecule has 0 amide bonds. The van der Waals surface area contributed by atoms with Gasteiger partial charge in [0.25, 0.3) is 0 Å². The van der Waals surface area contributed by atoms with Crippen LogP contribution in [0.4, 0.5) is 0 Å². The van der Waals surface area contributed by atoms with E-state index in [1.54, 1.807) is 0 Å². The van der Waals surface area contributed by atoms with Crippen LogP contribution in [0.5, 0.6) is 0 Å². The zero-order chi connectivity index (χ0) is 48.4. The molecule has 1 aliphatic rings. The summed E-state index contributed by atoms with van der Waals surface area (Å²) in [6.45, 7) is 4.09. The largest absolute Gasteiger partial charge is 0.472 e. The van der Waals surface area contributed by atoms with Crippen molar-refractivity contribution in [1.29, 1.82) is 0 Å². The second kappa shape index (κ2) is 42.8. The predicted octanol–water partition coefficient (Wildman–Crippen LogP) is 11.5. The summed E-state index contributed by atoms with van der Waals surface area (Å²) in [4.78, 5) is 23.2. The van der Waals surface area contributed by atoms with Crippen LogP contribution >= 0.6 is 7.82 Å². The standard InChI is InChI=1S/C53H93O12P/c1-3-5-7-9-11-13-15-17-19-20-21-22-23-24-25-26-27-29-31-33-35-37-39-41-43-62-44-46(45-63-66(60,61)65-53-51(58)49(56)48(55)50(57)52(53)59)64-47(54)42-40-38-36-34-32-30-28-18-16-14-12-10-8-6-4-2/h6,8,12,14-15,17-18,20-21,28,32,34,46,48-53,55-59H,3-5,7,9-11,13,16,19,22-27,29-31,33,35-45H2,1-2H3,(H,60,61)/b8-6-,14-12-,17-15-,21-20-,28-18-,34-32-. The van der Waals surface area contributed by atoms with Crippen molar-refractivity contribution >= 4 is 13.8 Å². The number of phosphoric ester groups is 1. The van der Waals surface area contributed by atoms with Gasteiger partial charge in [-0.2, -0.15) is 0 Å². The Morgan fingerprint density at radius 3 is 1.36 bits per heavy atom. The minimum Gasteiger partial charge on any atom is -0.457 e. The van der Waals surface area contributed by atoms with Crippen LogP contribution in [-0.2, 0) is 27.9 Å². The van der Waals surface area contributed by atoms with E-state index in [1.807, 2.05) is 0 Å². The molecule has 0 saturated heterocycles. The van der Waals surface area contributed by atoms with Crippen LogP contribution < -0.4 is 0 Å². The Morgan fingerprint density at radius 1 is 0.500 bits per heavy atom. The van der Waals surface area contributed by atoms with Crippen molar-refractivity contribution in [2.45, 2.75) is 236 Å². The third-order valence-electron chi connectivity index (χ3n) is 11.6. The lowest BCUT2D eigenvalue weighted by atomic mass is 9.85. The lowest BCUT2D eigenvalue weighted by molar-refractivity contribution is -0.220. The maximum atomic E-state index is 12.8. The lowest BCUT2D eigenvalue weighted by Crippen LogP contribution is -2.64. The quantitative estimate of drug-likeness (QED) is 0.0147. The molecule has 0 aromatic heterocycles. The van der Waals surface area contributed by atoms with Crippen LogP contribution in [0.1, 0.15) is 194 Å². The number of hydrogen-bond acceptors (Lipinski definition) is 11. The van der Waals surface area contributed by atoms with Crippen molar-refractivity contribution in [2.75, 3.05) is 19.8 Å². The van der Waals surface area contributed by atoms with Gasteiger partial charge in [-0.15, -0.1) is 0 Å². The summed E-state index contributed by atoms with van der Waals surface area (Å²) in [7, 11) is -5.04. The molecule has 0 aliphatic heterocycles. The third kappa shape index (κ3) is 34.1. The Bertz CT molecular complexity index is 1360. The number of allylic oxidation sites excluding steroid dienone is 12. The number of unbranched alkanes of at least 4 members (excludes halogenated alkanes) is 19. The van der Waals surface area contributed by atoms with Crippen molar-refractivity contribution in [3.05, 3.63) is 72.9 Å². The first-order valence-corrected chi connectivity index (χ1v) is 27.3. The maximum absolute atomic E-state index is 12.8. The number of hydrogen-bond donors (Lipinski definition) is 6. The van der Waals surface area contributed by atoms with E-state index in [0.29, 0.717) is 13.0 Å². The summed E-state index contributed by atoms with van der Waals surface area (Å²) in [6.07, 6.45) is 44.1. The highest BCUT2D eigenvalue weighted by atomic mass is 31.2. The van der Waals surface area contributed by atoms with E-state index in [0.717, 1.165) is 64.2 Å². The van der Waals surface area contributed by atoms with Crippen LogP contribution in [0.2, 0.25) is 0 Å². The van der Waals surface area contributed by atoms with Gasteiger partial charge in [0.2, 0.25) is 0 Å². The van der Waals surface area contributed by atoms with Gasteiger partial charge in [0, 0.05) is 13.0 Å². The van der Waals surface area contributed by atoms with E-state index < -0.39 is 63.1 Å². The summed E-state index contributed by atoms with van der Waals surface area (Å²) < 4.78 is 34.2. The number of aliphatic hydroxyl groups is 5. The highest BCUT2D eigenvalue weighted by Crippen LogP contribution is 2.47. The molecule has 1 fully saturated rings. The molecular formula is C53H93O12P. The van der Waals surface area contributed by atoms with Gasteiger partial charge < -0.3 is 39.9 Å². The fourth-order valence-electron chi connectivity index (χ4n) is 7.49.